The van der Waals surface area contributed by atoms with Crippen molar-refractivity contribution in [2.45, 2.75) is 32.8 Å². The second kappa shape index (κ2) is 7.21. The molecule has 0 aliphatic carbocycles. The molecule has 1 aromatic heterocycles. The largest absolute Gasteiger partial charge is 0.444 e. The Bertz CT molecular complexity index is 632. The van der Waals surface area contributed by atoms with Crippen LogP contribution >= 0.6 is 11.6 Å². The predicted octanol–water partition coefficient (Wildman–Crippen LogP) is 3.09. The summed E-state index contributed by atoms with van der Waals surface area (Å²) in [5, 5.41) is 11.4. The van der Waals surface area contributed by atoms with E-state index in [4.69, 9.17) is 16.3 Å². The number of nitro groups is 1. The molecule has 0 atom stereocenters. The number of halogens is 1. The number of rotatable bonds is 2. The maximum Gasteiger partial charge on any atom is 0.410 e. The highest BCUT2D eigenvalue weighted by molar-refractivity contribution is 6.30. The highest BCUT2D eigenvalue weighted by Gasteiger charge is 2.27. The molecule has 0 N–H and O–H groups in total. The van der Waals surface area contributed by atoms with E-state index in [1.807, 2.05) is 20.8 Å². The Balaban J connectivity index is 2.11. The minimum absolute atomic E-state index is 0.131. The van der Waals surface area contributed by atoms with Gasteiger partial charge < -0.3 is 14.5 Å². The second-order valence-corrected chi connectivity index (χ2v) is 7.00. The normalized spacial score (nSPS) is 15.8. The zero-order chi connectivity index (χ0) is 17.9. The van der Waals surface area contributed by atoms with Gasteiger partial charge in [0.2, 0.25) is 5.82 Å². The molecule has 0 saturated carbocycles. The van der Waals surface area contributed by atoms with E-state index in [9.17, 15) is 14.9 Å². The summed E-state index contributed by atoms with van der Waals surface area (Å²) in [6.07, 6.45) is 1.68. The van der Waals surface area contributed by atoms with Crippen LogP contribution in [0.5, 0.6) is 0 Å². The Kier molecular flexibility index (Phi) is 5.48. The second-order valence-electron chi connectivity index (χ2n) is 6.56. The van der Waals surface area contributed by atoms with Gasteiger partial charge >= 0.3 is 11.8 Å². The SMILES string of the molecule is CC(C)(C)OC(=O)N1CCCN(c2ncc(Cl)cc2[N+](=O)[O-])CC1. The number of anilines is 1. The van der Waals surface area contributed by atoms with Crippen LogP contribution < -0.4 is 4.90 Å². The van der Waals surface area contributed by atoms with E-state index in [1.54, 1.807) is 9.80 Å². The van der Waals surface area contributed by atoms with Crippen LogP contribution in [0, 0.1) is 10.1 Å². The Labute approximate surface area is 145 Å². The van der Waals surface area contributed by atoms with Crippen molar-refractivity contribution < 1.29 is 14.5 Å². The van der Waals surface area contributed by atoms with Crippen molar-refractivity contribution >= 4 is 29.2 Å². The lowest BCUT2D eigenvalue weighted by Gasteiger charge is -2.26. The van der Waals surface area contributed by atoms with Crippen LogP contribution in [0.25, 0.3) is 0 Å². The molecule has 0 bridgehead atoms. The van der Waals surface area contributed by atoms with E-state index in [-0.39, 0.29) is 22.6 Å². The first-order chi connectivity index (χ1) is 11.2. The molecule has 1 aromatic rings. The van der Waals surface area contributed by atoms with Crippen LogP contribution in [0.15, 0.2) is 12.3 Å². The Hall–Kier alpha value is -2.09. The molecule has 2 rings (SSSR count). The maximum atomic E-state index is 12.2. The average molecular weight is 357 g/mol. The molecular formula is C15H21ClN4O4. The van der Waals surface area contributed by atoms with Gasteiger partial charge in [-0.2, -0.15) is 0 Å². The van der Waals surface area contributed by atoms with Crippen molar-refractivity contribution in [3.8, 4) is 0 Å². The summed E-state index contributed by atoms with van der Waals surface area (Å²) < 4.78 is 5.38. The molecule has 0 unspecified atom stereocenters. The number of aromatic nitrogens is 1. The fraction of sp³-hybridized carbons (Fsp3) is 0.600. The smallest absolute Gasteiger partial charge is 0.410 e. The molecular weight excluding hydrogens is 336 g/mol. The molecule has 0 aromatic carbocycles. The fourth-order valence-electron chi connectivity index (χ4n) is 2.44. The zero-order valence-electron chi connectivity index (χ0n) is 14.0. The zero-order valence-corrected chi connectivity index (χ0v) is 14.7. The molecule has 24 heavy (non-hydrogen) atoms. The van der Waals surface area contributed by atoms with Crippen LogP contribution in [0.1, 0.15) is 27.2 Å². The summed E-state index contributed by atoms with van der Waals surface area (Å²) in [6.45, 7) is 7.40. The maximum absolute atomic E-state index is 12.2. The van der Waals surface area contributed by atoms with Crippen molar-refractivity contribution in [1.29, 1.82) is 0 Å². The van der Waals surface area contributed by atoms with E-state index < -0.39 is 10.5 Å². The summed E-state index contributed by atoms with van der Waals surface area (Å²) >= 11 is 5.80. The van der Waals surface area contributed by atoms with Crippen LogP contribution in [-0.4, -0.2) is 52.7 Å². The lowest BCUT2D eigenvalue weighted by Crippen LogP contribution is -2.39. The molecule has 1 fully saturated rings. The minimum atomic E-state index is -0.556. The molecule has 0 spiro atoms. The topological polar surface area (TPSA) is 88.8 Å². The summed E-state index contributed by atoms with van der Waals surface area (Å²) in [6, 6.07) is 1.29. The van der Waals surface area contributed by atoms with Crippen molar-refractivity contribution in [2.75, 3.05) is 31.1 Å². The Morgan fingerprint density at radius 2 is 2.04 bits per heavy atom. The van der Waals surface area contributed by atoms with Crippen LogP contribution in [0.2, 0.25) is 5.02 Å². The number of carbonyl (C=O) groups excluding carboxylic acids is 1. The Morgan fingerprint density at radius 1 is 1.33 bits per heavy atom. The van der Waals surface area contributed by atoms with Crippen molar-refractivity contribution in [3.05, 3.63) is 27.4 Å². The molecule has 1 aliphatic heterocycles. The predicted molar refractivity (Wildman–Crippen MR) is 90.5 cm³/mol. The number of pyridine rings is 1. The van der Waals surface area contributed by atoms with E-state index in [2.05, 4.69) is 4.98 Å². The lowest BCUT2D eigenvalue weighted by molar-refractivity contribution is -0.384. The standard InChI is InChI=1S/C15H21ClN4O4/c1-15(2,3)24-14(21)19-6-4-5-18(7-8-19)13-12(20(22)23)9-11(16)10-17-13/h9-10H,4-8H2,1-3H3. The molecule has 132 valence electrons. The fourth-order valence-corrected chi connectivity index (χ4v) is 2.59. The third kappa shape index (κ3) is 4.70. The molecule has 8 nitrogen and oxygen atoms in total. The van der Waals surface area contributed by atoms with Crippen LogP contribution in [0.4, 0.5) is 16.3 Å². The van der Waals surface area contributed by atoms with Gasteiger partial charge in [0, 0.05) is 38.4 Å². The highest BCUT2D eigenvalue weighted by atomic mass is 35.5. The summed E-state index contributed by atoms with van der Waals surface area (Å²) in [5.41, 5.74) is -0.687. The summed E-state index contributed by atoms with van der Waals surface area (Å²) in [4.78, 5) is 30.4. The van der Waals surface area contributed by atoms with Gasteiger partial charge in [-0.1, -0.05) is 11.6 Å². The van der Waals surface area contributed by atoms with E-state index in [1.165, 1.54) is 12.3 Å². The van der Waals surface area contributed by atoms with E-state index >= 15 is 0 Å². The van der Waals surface area contributed by atoms with Gasteiger partial charge in [0.05, 0.1) is 9.95 Å². The highest BCUT2D eigenvalue weighted by Crippen LogP contribution is 2.29. The molecule has 1 aliphatic rings. The first kappa shape index (κ1) is 18.3. The number of nitrogens with zero attached hydrogens (tertiary/aromatic N) is 4. The van der Waals surface area contributed by atoms with Crippen molar-refractivity contribution in [3.63, 3.8) is 0 Å². The van der Waals surface area contributed by atoms with Gasteiger partial charge in [-0.05, 0) is 27.2 Å². The quantitative estimate of drug-likeness (QED) is 0.597. The Morgan fingerprint density at radius 3 is 2.67 bits per heavy atom. The minimum Gasteiger partial charge on any atom is -0.444 e. The summed E-state index contributed by atoms with van der Waals surface area (Å²) in [7, 11) is 0. The van der Waals surface area contributed by atoms with Crippen LogP contribution in [-0.2, 0) is 4.74 Å². The van der Waals surface area contributed by atoms with Crippen molar-refractivity contribution in [2.24, 2.45) is 0 Å². The molecule has 9 heteroatoms. The number of hydrogen-bond donors (Lipinski definition) is 0. The third-order valence-corrected chi connectivity index (χ3v) is 3.66. The van der Waals surface area contributed by atoms with Gasteiger partial charge in [0.1, 0.15) is 5.60 Å². The van der Waals surface area contributed by atoms with Gasteiger partial charge in [-0.15, -0.1) is 0 Å². The lowest BCUT2D eigenvalue weighted by atomic mass is 10.2. The van der Waals surface area contributed by atoms with Gasteiger partial charge in [0.25, 0.3) is 0 Å². The molecule has 1 saturated heterocycles. The first-order valence-corrected chi connectivity index (χ1v) is 8.08. The van der Waals surface area contributed by atoms with E-state index in [0.29, 0.717) is 32.6 Å². The molecule has 1 amide bonds. The number of carbonyl (C=O) groups is 1. The molecule has 0 radical (unpaired) electrons. The summed E-state index contributed by atoms with van der Waals surface area (Å²) in [5.74, 6) is 0.274. The number of hydrogen-bond acceptors (Lipinski definition) is 6. The monoisotopic (exact) mass is 356 g/mol. The number of ether oxygens (including phenoxy) is 1. The van der Waals surface area contributed by atoms with Gasteiger partial charge in [-0.25, -0.2) is 9.78 Å². The van der Waals surface area contributed by atoms with Crippen molar-refractivity contribution in [1.82, 2.24) is 9.88 Å². The number of amides is 1. The van der Waals surface area contributed by atoms with Gasteiger partial charge in [0.15, 0.2) is 0 Å². The first-order valence-electron chi connectivity index (χ1n) is 7.70. The third-order valence-electron chi connectivity index (χ3n) is 3.46. The van der Waals surface area contributed by atoms with Crippen LogP contribution in [0.3, 0.4) is 0 Å². The van der Waals surface area contributed by atoms with E-state index in [0.717, 1.165) is 0 Å². The molecule has 2 heterocycles. The average Bonchev–Trinajstić information content (AvgIpc) is 2.71. The van der Waals surface area contributed by atoms with Gasteiger partial charge in [-0.3, -0.25) is 10.1 Å².